The van der Waals surface area contributed by atoms with Crippen LogP contribution < -0.4 is 14.4 Å². The molecule has 0 bridgehead atoms. The Balaban J connectivity index is 2.50. The van der Waals surface area contributed by atoms with Gasteiger partial charge in [-0.05, 0) is 56.2 Å². The molecule has 1 N–H and O–H groups in total. The van der Waals surface area contributed by atoms with Crippen LogP contribution in [-0.2, 0) is 26.2 Å². The Hall–Kier alpha value is -2.20. The zero-order chi connectivity index (χ0) is 27.2. The molecule has 2 amide bonds. The molecule has 0 heterocycles. The summed E-state index contributed by atoms with van der Waals surface area (Å²) in [4.78, 5) is 28.0. The van der Waals surface area contributed by atoms with Crippen LogP contribution in [0.3, 0.4) is 0 Å². The van der Waals surface area contributed by atoms with Crippen molar-refractivity contribution >= 4 is 62.3 Å². The monoisotopic (exact) mass is 577 g/mol. The molecule has 198 valence electrons. The lowest BCUT2D eigenvalue weighted by molar-refractivity contribution is -0.140. The van der Waals surface area contributed by atoms with Gasteiger partial charge in [0, 0.05) is 22.6 Å². The van der Waals surface area contributed by atoms with Gasteiger partial charge in [-0.25, -0.2) is 8.42 Å². The summed E-state index contributed by atoms with van der Waals surface area (Å²) >= 11 is 18.6. The summed E-state index contributed by atoms with van der Waals surface area (Å²) in [7, 11) is -2.46. The first-order valence-corrected chi connectivity index (χ1v) is 14.1. The Kier molecular flexibility index (Phi) is 10.7. The van der Waals surface area contributed by atoms with Crippen LogP contribution in [0.5, 0.6) is 5.75 Å². The quantitative estimate of drug-likeness (QED) is 0.415. The molecule has 12 heteroatoms. The van der Waals surface area contributed by atoms with Gasteiger partial charge in [0.15, 0.2) is 0 Å². The van der Waals surface area contributed by atoms with Gasteiger partial charge < -0.3 is 15.0 Å². The molecule has 0 aliphatic heterocycles. The predicted molar refractivity (Wildman–Crippen MR) is 145 cm³/mol. The van der Waals surface area contributed by atoms with Gasteiger partial charge in [0.25, 0.3) is 0 Å². The Bertz CT molecular complexity index is 1210. The van der Waals surface area contributed by atoms with Gasteiger partial charge in [-0.15, -0.1) is 0 Å². The molecule has 2 aromatic carbocycles. The maximum absolute atomic E-state index is 13.7. The van der Waals surface area contributed by atoms with E-state index >= 15 is 0 Å². The molecule has 0 radical (unpaired) electrons. The lowest BCUT2D eigenvalue weighted by Gasteiger charge is -2.33. The molecule has 0 spiro atoms. The molecule has 0 aliphatic rings. The lowest BCUT2D eigenvalue weighted by atomic mass is 10.1. The number of rotatable bonds is 11. The van der Waals surface area contributed by atoms with E-state index in [1.54, 1.807) is 25.1 Å². The third-order valence-corrected chi connectivity index (χ3v) is 7.30. The molecular formula is C24H30Cl3N3O5S. The fraction of sp³-hybridized carbons (Fsp3) is 0.417. The highest BCUT2D eigenvalue weighted by molar-refractivity contribution is 7.92. The molecular weight excluding hydrogens is 549 g/mol. The number of carbonyl (C=O) groups is 2. The largest absolute Gasteiger partial charge is 0.495 e. The topological polar surface area (TPSA) is 96.0 Å². The number of ether oxygens (including phenoxy) is 1. The maximum atomic E-state index is 13.7. The van der Waals surface area contributed by atoms with Crippen molar-refractivity contribution in [3.8, 4) is 5.75 Å². The number of hydrogen-bond donors (Lipinski definition) is 1. The summed E-state index contributed by atoms with van der Waals surface area (Å²) in [5, 5.41) is 3.75. The molecule has 0 aliphatic carbocycles. The highest BCUT2D eigenvalue weighted by Gasteiger charge is 2.32. The van der Waals surface area contributed by atoms with Crippen molar-refractivity contribution < 1.29 is 22.7 Å². The number of carbonyl (C=O) groups excluding carboxylic acids is 2. The number of nitrogens with one attached hydrogen (secondary N) is 1. The average molecular weight is 579 g/mol. The molecule has 2 aromatic rings. The second kappa shape index (κ2) is 12.9. The van der Waals surface area contributed by atoms with Crippen LogP contribution in [0.25, 0.3) is 0 Å². The molecule has 0 aromatic heterocycles. The lowest BCUT2D eigenvalue weighted by Crippen LogP contribution is -2.53. The Morgan fingerprint density at radius 1 is 1.06 bits per heavy atom. The fourth-order valence-electron chi connectivity index (χ4n) is 3.56. The minimum absolute atomic E-state index is 0.0279. The predicted octanol–water partition coefficient (Wildman–Crippen LogP) is 4.75. The van der Waals surface area contributed by atoms with E-state index < -0.39 is 28.5 Å². The third kappa shape index (κ3) is 7.90. The van der Waals surface area contributed by atoms with Gasteiger partial charge in [-0.1, -0.05) is 47.8 Å². The van der Waals surface area contributed by atoms with E-state index in [9.17, 15) is 18.0 Å². The second-order valence-corrected chi connectivity index (χ2v) is 11.6. The van der Waals surface area contributed by atoms with Crippen molar-refractivity contribution in [2.75, 3.05) is 24.2 Å². The van der Waals surface area contributed by atoms with Gasteiger partial charge in [0.1, 0.15) is 18.3 Å². The van der Waals surface area contributed by atoms with Crippen molar-refractivity contribution in [3.63, 3.8) is 0 Å². The smallest absolute Gasteiger partial charge is 0.244 e. The van der Waals surface area contributed by atoms with Gasteiger partial charge in [0.05, 0.1) is 24.1 Å². The van der Waals surface area contributed by atoms with E-state index in [4.69, 9.17) is 39.5 Å². The van der Waals surface area contributed by atoms with Crippen LogP contribution in [0.2, 0.25) is 15.1 Å². The van der Waals surface area contributed by atoms with Gasteiger partial charge in [0.2, 0.25) is 21.8 Å². The Morgan fingerprint density at radius 2 is 1.72 bits per heavy atom. The fourth-order valence-corrected chi connectivity index (χ4v) is 5.12. The molecule has 0 fully saturated rings. The average Bonchev–Trinajstić information content (AvgIpc) is 2.77. The first kappa shape index (κ1) is 30.0. The number of amides is 2. The normalized spacial score (nSPS) is 12.2. The van der Waals surface area contributed by atoms with Crippen LogP contribution in [0.4, 0.5) is 5.69 Å². The highest BCUT2D eigenvalue weighted by atomic mass is 35.5. The summed E-state index contributed by atoms with van der Waals surface area (Å²) in [6.45, 7) is 4.81. The van der Waals surface area contributed by atoms with Crippen molar-refractivity contribution in [1.29, 1.82) is 0 Å². The Labute approximate surface area is 227 Å². The van der Waals surface area contributed by atoms with E-state index in [1.807, 2.05) is 13.8 Å². The number of anilines is 1. The van der Waals surface area contributed by atoms with Gasteiger partial charge in [-0.3, -0.25) is 13.9 Å². The summed E-state index contributed by atoms with van der Waals surface area (Å²) in [6.07, 6.45) is 1.28. The van der Waals surface area contributed by atoms with Crippen molar-refractivity contribution in [1.82, 2.24) is 10.2 Å². The van der Waals surface area contributed by atoms with E-state index in [0.717, 1.165) is 10.6 Å². The number of benzene rings is 2. The summed E-state index contributed by atoms with van der Waals surface area (Å²) in [5.41, 5.74) is 0.740. The highest BCUT2D eigenvalue weighted by Crippen LogP contribution is 2.30. The molecule has 36 heavy (non-hydrogen) atoms. The van der Waals surface area contributed by atoms with Crippen molar-refractivity contribution in [3.05, 3.63) is 57.0 Å². The Morgan fingerprint density at radius 3 is 2.22 bits per heavy atom. The maximum Gasteiger partial charge on any atom is 0.244 e. The molecule has 0 saturated carbocycles. The number of sulfonamides is 1. The van der Waals surface area contributed by atoms with E-state index in [1.165, 1.54) is 30.2 Å². The van der Waals surface area contributed by atoms with Crippen LogP contribution in [-0.4, -0.2) is 57.1 Å². The summed E-state index contributed by atoms with van der Waals surface area (Å²) in [5.74, 6) is -0.593. The van der Waals surface area contributed by atoms with Crippen molar-refractivity contribution in [2.45, 2.75) is 45.8 Å². The molecule has 0 unspecified atom stereocenters. The van der Waals surface area contributed by atoms with Crippen LogP contribution in [0.15, 0.2) is 36.4 Å². The van der Waals surface area contributed by atoms with Crippen molar-refractivity contribution in [2.24, 2.45) is 0 Å². The number of nitrogens with zero attached hydrogens (tertiary/aromatic N) is 2. The van der Waals surface area contributed by atoms with E-state index in [0.29, 0.717) is 27.8 Å². The molecule has 8 nitrogen and oxygen atoms in total. The van der Waals surface area contributed by atoms with Crippen LogP contribution in [0, 0.1) is 0 Å². The first-order chi connectivity index (χ1) is 16.8. The number of hydrogen-bond acceptors (Lipinski definition) is 5. The molecule has 1 atom stereocenters. The van der Waals surface area contributed by atoms with Gasteiger partial charge >= 0.3 is 0 Å². The zero-order valence-corrected chi connectivity index (χ0v) is 23.8. The van der Waals surface area contributed by atoms with E-state index in [-0.39, 0.29) is 29.2 Å². The minimum Gasteiger partial charge on any atom is -0.495 e. The molecule has 0 saturated heterocycles. The SMILES string of the molecule is CC[C@H](C(=O)NC(C)C)N(Cc1ccc(Cl)cc1Cl)C(=O)CN(c1ccc(OC)c(Cl)c1)S(C)(=O)=O. The first-order valence-electron chi connectivity index (χ1n) is 11.1. The second-order valence-electron chi connectivity index (χ2n) is 8.43. The summed E-state index contributed by atoms with van der Waals surface area (Å²) in [6, 6.07) is 8.21. The third-order valence-electron chi connectivity index (χ3n) is 5.28. The molecule has 2 rings (SSSR count). The van der Waals surface area contributed by atoms with E-state index in [2.05, 4.69) is 5.32 Å². The zero-order valence-electron chi connectivity index (χ0n) is 20.7. The number of methoxy groups -OCH3 is 1. The standard InChI is InChI=1S/C24H30Cl3N3O5S/c1-6-21(24(32)28-15(2)3)29(13-16-7-8-17(25)11-19(16)26)23(31)14-30(36(5,33)34)18-9-10-22(35-4)20(27)12-18/h7-12,15,21H,6,13-14H2,1-5H3,(H,28,32)/t21-/m1/s1. The van der Waals surface area contributed by atoms with Gasteiger partial charge in [-0.2, -0.15) is 0 Å². The summed E-state index contributed by atoms with van der Waals surface area (Å²) < 4.78 is 31.4. The number of halogens is 3. The minimum atomic E-state index is -3.90. The van der Waals surface area contributed by atoms with Crippen LogP contribution >= 0.6 is 34.8 Å². The van der Waals surface area contributed by atoms with Crippen LogP contribution in [0.1, 0.15) is 32.8 Å².